The molecule has 4 N–H and O–H groups in total. The monoisotopic (exact) mass is 277 g/mol. The maximum atomic E-state index is 9.28. The highest BCUT2D eigenvalue weighted by molar-refractivity contribution is 4.71. The SMILES string of the molecule is CCNC(NC)(N(C)C)[N+](C)(CNO)N(CC)CC. The van der Waals surface area contributed by atoms with E-state index in [-0.39, 0.29) is 0 Å². The van der Waals surface area contributed by atoms with E-state index >= 15 is 0 Å². The van der Waals surface area contributed by atoms with Gasteiger partial charge >= 0.3 is 0 Å². The molecule has 0 aromatic rings. The van der Waals surface area contributed by atoms with Crippen molar-refractivity contribution in [3.63, 3.8) is 0 Å². The molecule has 2 unspecified atom stereocenters. The van der Waals surface area contributed by atoms with Gasteiger partial charge in [-0.3, -0.25) is 0 Å². The fourth-order valence-corrected chi connectivity index (χ4v) is 2.96. The van der Waals surface area contributed by atoms with Crippen LogP contribution in [0.3, 0.4) is 0 Å². The Bertz CT molecular complexity index is 248. The summed E-state index contributed by atoms with van der Waals surface area (Å²) >= 11 is 0. The van der Waals surface area contributed by atoms with Crippen LogP contribution in [-0.4, -0.2) is 80.1 Å². The Balaban J connectivity index is 5.72. The Labute approximate surface area is 118 Å². The molecule has 0 aliphatic heterocycles. The van der Waals surface area contributed by atoms with Gasteiger partial charge in [-0.25, -0.2) is 15.5 Å². The van der Waals surface area contributed by atoms with Gasteiger partial charge in [0.15, 0.2) is 6.67 Å². The predicted octanol–water partition coefficient (Wildman–Crippen LogP) is -0.372. The number of rotatable bonds is 10. The van der Waals surface area contributed by atoms with Gasteiger partial charge in [-0.2, -0.15) is 15.1 Å². The zero-order chi connectivity index (χ0) is 15.1. The number of hydroxylamine groups is 1. The first kappa shape index (κ1) is 18.7. The van der Waals surface area contributed by atoms with Gasteiger partial charge in [-0.15, -0.1) is 0 Å². The molecule has 0 bridgehead atoms. The molecule has 0 saturated heterocycles. The molecule has 0 saturated carbocycles. The molecule has 0 aromatic carbocycles. The Kier molecular flexibility index (Phi) is 7.99. The van der Waals surface area contributed by atoms with E-state index in [1.807, 2.05) is 21.1 Å². The molecule has 0 radical (unpaired) electrons. The van der Waals surface area contributed by atoms with E-state index in [0.717, 1.165) is 19.6 Å². The van der Waals surface area contributed by atoms with Crippen LogP contribution >= 0.6 is 0 Å². The van der Waals surface area contributed by atoms with E-state index in [1.165, 1.54) is 0 Å². The number of hydrogen-bond donors (Lipinski definition) is 4. The highest BCUT2D eigenvalue weighted by atomic mass is 16.5. The molecule has 0 spiro atoms. The maximum Gasteiger partial charge on any atom is 0.292 e. The summed E-state index contributed by atoms with van der Waals surface area (Å²) in [5.41, 5.74) is 2.33. The number of nitrogens with one attached hydrogen (secondary N) is 3. The van der Waals surface area contributed by atoms with E-state index in [0.29, 0.717) is 11.3 Å². The summed E-state index contributed by atoms with van der Waals surface area (Å²) in [4.78, 5) is 2.10. The van der Waals surface area contributed by atoms with Crippen molar-refractivity contribution in [1.82, 2.24) is 26.0 Å². The lowest BCUT2D eigenvalue weighted by Crippen LogP contribution is -2.85. The van der Waals surface area contributed by atoms with Crippen molar-refractivity contribution in [3.8, 4) is 0 Å². The third-order valence-corrected chi connectivity index (χ3v) is 3.85. The van der Waals surface area contributed by atoms with Gasteiger partial charge in [0.05, 0.1) is 7.05 Å². The van der Waals surface area contributed by atoms with E-state index in [9.17, 15) is 5.21 Å². The van der Waals surface area contributed by atoms with Gasteiger partial charge in [0.1, 0.15) is 0 Å². The summed E-state index contributed by atoms with van der Waals surface area (Å²) in [5, 5.41) is 18.5. The van der Waals surface area contributed by atoms with Gasteiger partial charge in [-0.05, 0) is 35.0 Å². The summed E-state index contributed by atoms with van der Waals surface area (Å²) in [6.45, 7) is 9.31. The molecule has 0 fully saturated rings. The first-order valence-electron chi connectivity index (χ1n) is 6.99. The van der Waals surface area contributed by atoms with E-state index in [4.69, 9.17) is 0 Å². The summed E-state index contributed by atoms with van der Waals surface area (Å²) in [5.74, 6) is -0.503. The van der Waals surface area contributed by atoms with Crippen LogP contribution in [0.2, 0.25) is 0 Å². The maximum absolute atomic E-state index is 9.28. The zero-order valence-corrected chi connectivity index (χ0v) is 13.6. The largest absolute Gasteiger partial charge is 0.312 e. The second-order valence-corrected chi connectivity index (χ2v) is 4.94. The van der Waals surface area contributed by atoms with Crippen LogP contribution in [-0.2, 0) is 0 Å². The van der Waals surface area contributed by atoms with Crippen molar-refractivity contribution in [2.24, 2.45) is 0 Å². The summed E-state index contributed by atoms with van der Waals surface area (Å²) < 4.78 is 0.466. The summed E-state index contributed by atoms with van der Waals surface area (Å²) in [7, 11) is 8.07. The molecule has 0 rings (SSSR count). The Morgan fingerprint density at radius 2 is 1.68 bits per heavy atom. The second kappa shape index (κ2) is 8.11. The Morgan fingerprint density at radius 1 is 1.16 bits per heavy atom. The van der Waals surface area contributed by atoms with Crippen molar-refractivity contribution in [3.05, 3.63) is 0 Å². The minimum Gasteiger partial charge on any atom is -0.312 e. The molecule has 0 amide bonds. The first-order chi connectivity index (χ1) is 8.89. The fourth-order valence-electron chi connectivity index (χ4n) is 2.96. The third-order valence-electron chi connectivity index (χ3n) is 3.85. The molecular formula is C12H33N6O+. The molecule has 0 aliphatic rings. The topological polar surface area (TPSA) is 62.8 Å². The van der Waals surface area contributed by atoms with Crippen LogP contribution in [0, 0.1) is 0 Å². The van der Waals surface area contributed by atoms with Crippen LogP contribution in [0.4, 0.5) is 0 Å². The minimum absolute atomic E-state index is 0.397. The highest BCUT2D eigenvalue weighted by Gasteiger charge is 2.52. The zero-order valence-electron chi connectivity index (χ0n) is 13.6. The van der Waals surface area contributed by atoms with E-state index in [2.05, 4.69) is 53.8 Å². The normalized spacial score (nSPS) is 18.6. The van der Waals surface area contributed by atoms with Crippen LogP contribution in [0.15, 0.2) is 0 Å². The van der Waals surface area contributed by atoms with Crippen molar-refractivity contribution in [2.75, 3.05) is 54.5 Å². The van der Waals surface area contributed by atoms with Gasteiger partial charge in [0, 0.05) is 19.6 Å². The molecule has 7 heteroatoms. The van der Waals surface area contributed by atoms with Gasteiger partial charge in [-0.1, -0.05) is 6.92 Å². The molecular weight excluding hydrogens is 244 g/mol. The Morgan fingerprint density at radius 3 is 1.95 bits per heavy atom. The van der Waals surface area contributed by atoms with Gasteiger partial charge < -0.3 is 5.21 Å². The minimum atomic E-state index is -0.503. The molecule has 19 heavy (non-hydrogen) atoms. The van der Waals surface area contributed by atoms with Gasteiger partial charge in [0.2, 0.25) is 0 Å². The van der Waals surface area contributed by atoms with Crippen LogP contribution in [0.1, 0.15) is 20.8 Å². The molecule has 0 aliphatic carbocycles. The fraction of sp³-hybridized carbons (Fsp3) is 1.00. The molecule has 7 nitrogen and oxygen atoms in total. The summed E-state index contributed by atoms with van der Waals surface area (Å²) in [6, 6.07) is 0. The van der Waals surface area contributed by atoms with E-state index < -0.39 is 5.91 Å². The van der Waals surface area contributed by atoms with Crippen molar-refractivity contribution in [1.29, 1.82) is 0 Å². The van der Waals surface area contributed by atoms with Crippen LogP contribution < -0.4 is 16.1 Å². The lowest BCUT2D eigenvalue weighted by Gasteiger charge is -2.56. The predicted molar refractivity (Wildman–Crippen MR) is 78.0 cm³/mol. The molecule has 116 valence electrons. The average Bonchev–Trinajstić information content (AvgIpc) is 2.37. The molecule has 2 atom stereocenters. The van der Waals surface area contributed by atoms with Crippen molar-refractivity contribution < 1.29 is 9.80 Å². The lowest BCUT2D eigenvalue weighted by atomic mass is 10.3. The average molecular weight is 277 g/mol. The van der Waals surface area contributed by atoms with Gasteiger partial charge in [0.25, 0.3) is 5.91 Å². The Hall–Kier alpha value is -0.280. The lowest BCUT2D eigenvalue weighted by molar-refractivity contribution is -1.08. The third kappa shape index (κ3) is 3.43. The van der Waals surface area contributed by atoms with Crippen LogP contribution in [0.5, 0.6) is 0 Å². The number of hydrogen-bond acceptors (Lipinski definition) is 6. The highest BCUT2D eigenvalue weighted by Crippen LogP contribution is 2.22. The quantitative estimate of drug-likeness (QED) is 0.248. The smallest absolute Gasteiger partial charge is 0.292 e. The van der Waals surface area contributed by atoms with Crippen LogP contribution in [0.25, 0.3) is 0 Å². The second-order valence-electron chi connectivity index (χ2n) is 4.94. The summed E-state index contributed by atoms with van der Waals surface area (Å²) in [6.07, 6.45) is 0. The van der Waals surface area contributed by atoms with E-state index in [1.54, 1.807) is 0 Å². The molecule has 0 heterocycles. The standard InChI is InChI=1S/C12H33N6O/c1-8-14-12(13-4,16(5)6)18(7,11-15-19)17(9-2)10-3/h13-15,19H,8-11H2,1-7H3/q+1. The number of nitrogens with zero attached hydrogens (tertiary/aromatic N) is 3. The van der Waals surface area contributed by atoms with Crippen molar-refractivity contribution in [2.45, 2.75) is 26.7 Å². The first-order valence-corrected chi connectivity index (χ1v) is 6.99. The van der Waals surface area contributed by atoms with Crippen molar-refractivity contribution >= 4 is 0 Å². The molecule has 0 aromatic heterocycles. The number of quaternary nitrogens is 1.